The maximum absolute atomic E-state index is 4.67. The van der Waals surface area contributed by atoms with Crippen LogP contribution >= 0.6 is 11.3 Å². The summed E-state index contributed by atoms with van der Waals surface area (Å²) in [6, 6.07) is 0. The summed E-state index contributed by atoms with van der Waals surface area (Å²) in [7, 11) is 1.97. The van der Waals surface area contributed by atoms with E-state index in [-0.39, 0.29) is 0 Å². The number of aromatic nitrogens is 1. The second-order valence-electron chi connectivity index (χ2n) is 4.32. The first kappa shape index (κ1) is 10.1. The Bertz CT molecular complexity index is 295. The molecule has 2 unspecified atom stereocenters. The largest absolute Gasteiger partial charge is 0.314 e. The second-order valence-corrected chi connectivity index (χ2v) is 5.21. The lowest BCUT2D eigenvalue weighted by molar-refractivity contribution is 0.595. The molecule has 1 aliphatic carbocycles. The van der Waals surface area contributed by atoms with E-state index in [9.17, 15) is 0 Å². The highest BCUT2D eigenvalue weighted by Gasteiger charge is 2.24. The van der Waals surface area contributed by atoms with Crippen LogP contribution < -0.4 is 5.32 Å². The van der Waals surface area contributed by atoms with Crippen LogP contribution in [0.2, 0.25) is 0 Å². The van der Waals surface area contributed by atoms with E-state index in [0.29, 0.717) is 0 Å². The number of hydrogen-bond acceptors (Lipinski definition) is 3. The van der Waals surface area contributed by atoms with Gasteiger partial charge in [0.1, 0.15) is 0 Å². The smallest absolute Gasteiger partial charge is 0.0959 e. The Kier molecular flexibility index (Phi) is 3.19. The number of nitrogens with zero attached hydrogens (tertiary/aromatic N) is 1. The number of thiazole rings is 1. The summed E-state index contributed by atoms with van der Waals surface area (Å²) < 4.78 is 0. The van der Waals surface area contributed by atoms with Gasteiger partial charge >= 0.3 is 0 Å². The third-order valence-electron chi connectivity index (χ3n) is 2.97. The van der Waals surface area contributed by atoms with Gasteiger partial charge in [-0.2, -0.15) is 0 Å². The summed E-state index contributed by atoms with van der Waals surface area (Å²) in [4.78, 5) is 4.67. The minimum absolute atomic E-state index is 0.751. The highest BCUT2D eigenvalue weighted by Crippen LogP contribution is 2.38. The van der Waals surface area contributed by atoms with Crippen LogP contribution in [0.4, 0.5) is 0 Å². The Morgan fingerprint density at radius 2 is 2.43 bits per heavy atom. The quantitative estimate of drug-likeness (QED) is 0.830. The number of hydrogen-bond donors (Lipinski definition) is 1. The lowest BCUT2D eigenvalue weighted by atomic mass is 10.1. The molecule has 0 aliphatic heterocycles. The molecule has 1 aromatic heterocycles. The average Bonchev–Trinajstić information content (AvgIpc) is 2.74. The molecule has 14 heavy (non-hydrogen) atoms. The van der Waals surface area contributed by atoms with Crippen LogP contribution in [0.1, 0.15) is 42.8 Å². The Labute approximate surface area is 89.8 Å². The van der Waals surface area contributed by atoms with Crippen molar-refractivity contribution in [1.29, 1.82) is 0 Å². The predicted octanol–water partition coefficient (Wildman–Crippen LogP) is 2.77. The predicted molar refractivity (Wildman–Crippen MR) is 60.6 cm³/mol. The molecular weight excluding hydrogens is 192 g/mol. The summed E-state index contributed by atoms with van der Waals surface area (Å²) >= 11 is 1.84. The highest BCUT2D eigenvalue weighted by atomic mass is 32.1. The molecule has 1 saturated carbocycles. The van der Waals surface area contributed by atoms with Gasteiger partial charge in [0, 0.05) is 17.8 Å². The van der Waals surface area contributed by atoms with Gasteiger partial charge in [0.05, 0.1) is 10.7 Å². The molecule has 1 aromatic rings. The molecule has 2 rings (SSSR count). The zero-order chi connectivity index (χ0) is 9.97. The molecule has 1 fully saturated rings. The second kappa shape index (κ2) is 4.41. The molecule has 78 valence electrons. The molecule has 0 amide bonds. The maximum Gasteiger partial charge on any atom is 0.0959 e. The van der Waals surface area contributed by atoms with E-state index in [4.69, 9.17) is 0 Å². The fourth-order valence-corrected chi connectivity index (χ4v) is 3.17. The maximum atomic E-state index is 4.67. The first-order valence-electron chi connectivity index (χ1n) is 5.38. The summed E-state index contributed by atoms with van der Waals surface area (Å²) in [5.41, 5.74) is 1.20. The van der Waals surface area contributed by atoms with E-state index in [2.05, 4.69) is 22.6 Å². The monoisotopic (exact) mass is 210 g/mol. The van der Waals surface area contributed by atoms with Crippen molar-refractivity contribution in [2.45, 2.75) is 38.6 Å². The van der Waals surface area contributed by atoms with Gasteiger partial charge in [-0.15, -0.1) is 11.3 Å². The third kappa shape index (κ3) is 2.15. The van der Waals surface area contributed by atoms with Gasteiger partial charge in [-0.25, -0.2) is 4.98 Å². The molecule has 2 nitrogen and oxygen atoms in total. The standard InChI is InChI=1S/C11H18N2S/c1-8-3-4-9(5-8)11-13-10(6-12-2)7-14-11/h7-9,12H,3-6H2,1-2H3. The Morgan fingerprint density at radius 3 is 3.07 bits per heavy atom. The van der Waals surface area contributed by atoms with Crippen molar-refractivity contribution in [3.8, 4) is 0 Å². The SMILES string of the molecule is CNCc1csc(C2CCC(C)C2)n1. The topological polar surface area (TPSA) is 24.9 Å². The lowest BCUT2D eigenvalue weighted by Crippen LogP contribution is -2.05. The summed E-state index contributed by atoms with van der Waals surface area (Å²) in [6.45, 7) is 3.25. The fourth-order valence-electron chi connectivity index (χ4n) is 2.20. The molecule has 1 N–H and O–H groups in total. The number of nitrogens with one attached hydrogen (secondary N) is 1. The molecule has 0 spiro atoms. The lowest BCUT2D eigenvalue weighted by Gasteiger charge is -2.04. The van der Waals surface area contributed by atoms with Crippen molar-refractivity contribution >= 4 is 11.3 Å². The molecule has 0 bridgehead atoms. The molecule has 2 atom stereocenters. The van der Waals surface area contributed by atoms with E-state index in [1.807, 2.05) is 18.4 Å². The molecule has 1 heterocycles. The van der Waals surface area contributed by atoms with Crippen LogP contribution in [0.3, 0.4) is 0 Å². The van der Waals surface area contributed by atoms with E-state index in [1.54, 1.807) is 0 Å². The van der Waals surface area contributed by atoms with Gasteiger partial charge in [-0.3, -0.25) is 0 Å². The van der Waals surface area contributed by atoms with Gasteiger partial charge in [0.15, 0.2) is 0 Å². The zero-order valence-corrected chi connectivity index (χ0v) is 9.73. The van der Waals surface area contributed by atoms with Crippen LogP contribution in [0.25, 0.3) is 0 Å². The molecule has 0 radical (unpaired) electrons. The number of rotatable bonds is 3. The van der Waals surface area contributed by atoms with Crippen LogP contribution in [-0.4, -0.2) is 12.0 Å². The van der Waals surface area contributed by atoms with Crippen LogP contribution in [0.5, 0.6) is 0 Å². The average molecular weight is 210 g/mol. The fraction of sp³-hybridized carbons (Fsp3) is 0.727. The minimum atomic E-state index is 0.751. The summed E-state index contributed by atoms with van der Waals surface area (Å²) in [5, 5.41) is 6.69. The van der Waals surface area contributed by atoms with Gasteiger partial charge in [0.2, 0.25) is 0 Å². The first-order valence-corrected chi connectivity index (χ1v) is 6.26. The van der Waals surface area contributed by atoms with E-state index in [0.717, 1.165) is 18.4 Å². The summed E-state index contributed by atoms with van der Waals surface area (Å²) in [6.07, 6.45) is 4.06. The molecule has 1 aliphatic rings. The van der Waals surface area contributed by atoms with Crippen molar-refractivity contribution in [3.05, 3.63) is 16.1 Å². The molecular formula is C11H18N2S. The van der Waals surface area contributed by atoms with Crippen LogP contribution in [0, 0.1) is 5.92 Å². The Hall–Kier alpha value is -0.410. The molecule has 3 heteroatoms. The van der Waals surface area contributed by atoms with Gasteiger partial charge in [0.25, 0.3) is 0 Å². The van der Waals surface area contributed by atoms with Gasteiger partial charge in [-0.05, 0) is 25.8 Å². The molecule has 0 saturated heterocycles. The van der Waals surface area contributed by atoms with Crippen molar-refractivity contribution in [2.24, 2.45) is 5.92 Å². The van der Waals surface area contributed by atoms with Crippen molar-refractivity contribution in [2.75, 3.05) is 7.05 Å². The van der Waals surface area contributed by atoms with Gasteiger partial charge in [-0.1, -0.05) is 13.3 Å². The first-order chi connectivity index (χ1) is 6.79. The zero-order valence-electron chi connectivity index (χ0n) is 8.92. The van der Waals surface area contributed by atoms with E-state index >= 15 is 0 Å². The normalized spacial score (nSPS) is 27.0. The summed E-state index contributed by atoms with van der Waals surface area (Å²) in [5.74, 6) is 1.65. The van der Waals surface area contributed by atoms with Crippen molar-refractivity contribution < 1.29 is 0 Å². The van der Waals surface area contributed by atoms with E-state index in [1.165, 1.54) is 30.0 Å². The van der Waals surface area contributed by atoms with Crippen LogP contribution in [0.15, 0.2) is 5.38 Å². The Morgan fingerprint density at radius 1 is 1.57 bits per heavy atom. The van der Waals surface area contributed by atoms with E-state index < -0.39 is 0 Å². The van der Waals surface area contributed by atoms with Crippen LogP contribution in [-0.2, 0) is 6.54 Å². The Balaban J connectivity index is 2.02. The third-order valence-corrected chi connectivity index (χ3v) is 4.03. The highest BCUT2D eigenvalue weighted by molar-refractivity contribution is 7.09. The van der Waals surface area contributed by atoms with Crippen molar-refractivity contribution in [1.82, 2.24) is 10.3 Å². The molecule has 0 aromatic carbocycles. The minimum Gasteiger partial charge on any atom is -0.314 e. The van der Waals surface area contributed by atoms with Crippen molar-refractivity contribution in [3.63, 3.8) is 0 Å². The van der Waals surface area contributed by atoms with Gasteiger partial charge < -0.3 is 5.32 Å².